The molecule has 0 bridgehead atoms. The van der Waals surface area contributed by atoms with Gasteiger partial charge >= 0.3 is 29.6 Å². The van der Waals surface area contributed by atoms with Gasteiger partial charge in [0.15, 0.2) is 5.76 Å². The second-order valence-corrected chi connectivity index (χ2v) is 8.17. The maximum atomic E-state index is 12.2. The molecule has 0 saturated heterocycles. The van der Waals surface area contributed by atoms with Gasteiger partial charge in [0.2, 0.25) is 0 Å². The number of furan rings is 1. The van der Waals surface area contributed by atoms with E-state index in [1.807, 2.05) is 81.4 Å². The van der Waals surface area contributed by atoms with E-state index in [1.54, 1.807) is 6.07 Å². The van der Waals surface area contributed by atoms with Crippen LogP contribution in [0.2, 0.25) is 0 Å². The van der Waals surface area contributed by atoms with E-state index in [4.69, 9.17) is 14.1 Å². The van der Waals surface area contributed by atoms with Gasteiger partial charge < -0.3 is 19.1 Å². The summed E-state index contributed by atoms with van der Waals surface area (Å²) in [6.07, 6.45) is -0.274. The van der Waals surface area contributed by atoms with E-state index in [-0.39, 0.29) is 41.2 Å². The number of aromatic carboxylic acids is 1. The topological polar surface area (TPSA) is 75.4 Å². The minimum Gasteiger partial charge on any atom is -0.545 e. The van der Waals surface area contributed by atoms with E-state index in [9.17, 15) is 9.90 Å². The summed E-state index contributed by atoms with van der Waals surface area (Å²) in [5.74, 6) is -0.296. The van der Waals surface area contributed by atoms with Crippen LogP contribution in [0, 0.1) is 13.8 Å². The van der Waals surface area contributed by atoms with E-state index in [2.05, 4.69) is 0 Å². The smallest absolute Gasteiger partial charge is 0.545 e. The van der Waals surface area contributed by atoms with Gasteiger partial charge in [-0.3, -0.25) is 0 Å². The van der Waals surface area contributed by atoms with Gasteiger partial charge in [-0.25, -0.2) is 4.98 Å². The van der Waals surface area contributed by atoms with Crippen LogP contribution in [0.25, 0.3) is 33.3 Å². The Labute approximate surface area is 219 Å². The zero-order valence-electron chi connectivity index (χ0n) is 19.6. The molecule has 1 unspecified atom stereocenters. The van der Waals surface area contributed by atoms with E-state index >= 15 is 0 Å². The third kappa shape index (κ3) is 4.23. The molecule has 0 radical (unpaired) electrons. The molecule has 0 N–H and O–H groups in total. The molecule has 0 amide bonds. The van der Waals surface area contributed by atoms with E-state index < -0.39 is 5.97 Å². The van der Waals surface area contributed by atoms with Gasteiger partial charge in [-0.15, -0.1) is 0 Å². The molecule has 2 aromatic heterocycles. The number of para-hydroxylation sites is 1. The Morgan fingerprint density at radius 3 is 2.41 bits per heavy atom. The Bertz CT molecular complexity index is 1510. The van der Waals surface area contributed by atoms with Crippen molar-refractivity contribution in [1.82, 2.24) is 4.98 Å². The summed E-state index contributed by atoms with van der Waals surface area (Å²) >= 11 is 0. The zero-order valence-corrected chi connectivity index (χ0v) is 21.6. The Balaban J connectivity index is 0.00000274. The normalized spacial score (nSPS) is 11.9. The molecule has 6 heteroatoms. The third-order valence-electron chi connectivity index (χ3n) is 5.99. The molecular weight excluding hydrogens is 437 g/mol. The van der Waals surface area contributed by atoms with Crippen molar-refractivity contribution in [3.8, 4) is 17.2 Å². The Morgan fingerprint density at radius 2 is 1.71 bits per heavy atom. The standard InChI is InChI=1S/C28H23NO4.Na/c1-16-13-14-24(32-18(3)19-9-5-4-6-10-19)25-21(28(30)31)15-22(29-26(16)25)27-17(2)20-11-7-8-12-23(20)33-27;/h4-15,18H,1-3H3,(H,30,31);/q;+1/p-1. The van der Waals surface area contributed by atoms with Crippen LogP contribution >= 0.6 is 0 Å². The Hall–Kier alpha value is -3.12. The molecule has 5 rings (SSSR count). The molecule has 34 heavy (non-hydrogen) atoms. The first kappa shape index (κ1) is 24.0. The predicted octanol–water partition coefficient (Wildman–Crippen LogP) is 2.77. The van der Waals surface area contributed by atoms with Gasteiger partial charge in [0.1, 0.15) is 23.1 Å². The zero-order chi connectivity index (χ0) is 23.1. The number of fused-ring (bicyclic) bond motifs is 2. The van der Waals surface area contributed by atoms with Crippen molar-refractivity contribution in [2.24, 2.45) is 0 Å². The molecule has 0 aliphatic rings. The number of carboxylic acid groups (broad SMARTS) is 1. The molecule has 1 atom stereocenters. The monoisotopic (exact) mass is 459 g/mol. The Kier molecular flexibility index (Phi) is 6.80. The average molecular weight is 459 g/mol. The fraction of sp³-hybridized carbons (Fsp3) is 0.143. The minimum atomic E-state index is -1.29. The summed E-state index contributed by atoms with van der Waals surface area (Å²) in [5.41, 5.74) is 4.48. The Morgan fingerprint density at radius 1 is 1.00 bits per heavy atom. The molecule has 0 aliphatic carbocycles. The summed E-state index contributed by atoms with van der Waals surface area (Å²) in [7, 11) is 0. The van der Waals surface area contributed by atoms with Gasteiger partial charge in [0.25, 0.3) is 0 Å². The van der Waals surface area contributed by atoms with Crippen LogP contribution < -0.4 is 39.4 Å². The molecule has 164 valence electrons. The van der Waals surface area contributed by atoms with Crippen LogP contribution in [0.5, 0.6) is 5.75 Å². The number of hydrogen-bond acceptors (Lipinski definition) is 5. The molecule has 5 aromatic rings. The number of carbonyl (C=O) groups is 1. The van der Waals surface area contributed by atoms with Crippen LogP contribution in [0.1, 0.15) is 40.1 Å². The van der Waals surface area contributed by atoms with Gasteiger partial charge in [-0.05, 0) is 50.1 Å². The predicted molar refractivity (Wildman–Crippen MR) is 126 cm³/mol. The maximum absolute atomic E-state index is 12.2. The van der Waals surface area contributed by atoms with Crippen LogP contribution in [0.15, 0.2) is 77.2 Å². The van der Waals surface area contributed by atoms with Gasteiger partial charge in [-0.2, -0.15) is 0 Å². The largest absolute Gasteiger partial charge is 1.00 e. The summed E-state index contributed by atoms with van der Waals surface area (Å²) in [6, 6.07) is 22.7. The second-order valence-electron chi connectivity index (χ2n) is 8.17. The molecule has 0 aliphatic heterocycles. The number of aryl methyl sites for hydroxylation is 2. The number of nitrogens with zero attached hydrogens (tertiary/aromatic N) is 1. The second kappa shape index (κ2) is 9.63. The van der Waals surface area contributed by atoms with E-state index in [1.165, 1.54) is 6.07 Å². The van der Waals surface area contributed by atoms with Crippen LogP contribution in [-0.2, 0) is 0 Å². The molecule has 0 spiro atoms. The minimum absolute atomic E-state index is 0. The van der Waals surface area contributed by atoms with Crippen molar-refractivity contribution >= 4 is 27.8 Å². The van der Waals surface area contributed by atoms with Crippen LogP contribution in [0.4, 0.5) is 0 Å². The van der Waals surface area contributed by atoms with Crippen LogP contribution in [-0.4, -0.2) is 11.0 Å². The van der Waals surface area contributed by atoms with Crippen molar-refractivity contribution in [1.29, 1.82) is 0 Å². The summed E-state index contributed by atoms with van der Waals surface area (Å²) in [6.45, 7) is 5.77. The summed E-state index contributed by atoms with van der Waals surface area (Å²) in [4.78, 5) is 17.1. The number of aromatic nitrogens is 1. The molecule has 3 aromatic carbocycles. The number of pyridine rings is 1. The molecular formula is C28H22NNaO4. The van der Waals surface area contributed by atoms with Crippen molar-refractivity contribution in [3.05, 3.63) is 95.1 Å². The summed E-state index contributed by atoms with van der Waals surface area (Å²) in [5, 5.41) is 13.6. The molecule has 0 saturated carbocycles. The van der Waals surface area contributed by atoms with Gasteiger partial charge in [0, 0.05) is 16.5 Å². The number of ether oxygens (including phenoxy) is 1. The number of benzene rings is 3. The first-order valence-corrected chi connectivity index (χ1v) is 10.8. The maximum Gasteiger partial charge on any atom is 1.00 e. The fourth-order valence-corrected chi connectivity index (χ4v) is 4.22. The van der Waals surface area contributed by atoms with E-state index in [0.29, 0.717) is 28.1 Å². The number of carbonyl (C=O) groups excluding carboxylic acids is 1. The molecule has 5 nitrogen and oxygen atoms in total. The van der Waals surface area contributed by atoms with E-state index in [0.717, 1.165) is 27.7 Å². The van der Waals surface area contributed by atoms with Crippen LogP contribution in [0.3, 0.4) is 0 Å². The average Bonchev–Trinajstić information content (AvgIpc) is 3.17. The summed E-state index contributed by atoms with van der Waals surface area (Å²) < 4.78 is 12.3. The van der Waals surface area contributed by atoms with Crippen molar-refractivity contribution in [3.63, 3.8) is 0 Å². The number of rotatable bonds is 5. The third-order valence-corrected chi connectivity index (χ3v) is 5.99. The van der Waals surface area contributed by atoms with Crippen molar-refractivity contribution < 1.29 is 48.6 Å². The van der Waals surface area contributed by atoms with Gasteiger partial charge in [0.05, 0.1) is 16.9 Å². The molecule has 0 fully saturated rings. The van der Waals surface area contributed by atoms with Gasteiger partial charge in [-0.1, -0.05) is 54.6 Å². The number of carboxylic acids is 1. The molecule has 2 heterocycles. The first-order valence-electron chi connectivity index (χ1n) is 10.8. The quantitative estimate of drug-likeness (QED) is 0.378. The number of hydrogen-bond donors (Lipinski definition) is 0. The SMILES string of the molecule is Cc1c(-c2cc(C(=O)[O-])c3c(OC(C)c4ccccc4)ccc(C)c3n2)oc2ccccc12.[Na+]. The van der Waals surface area contributed by atoms with Crippen molar-refractivity contribution in [2.45, 2.75) is 26.9 Å². The first-order chi connectivity index (χ1) is 15.9. The van der Waals surface area contributed by atoms with Crippen molar-refractivity contribution in [2.75, 3.05) is 0 Å². The fourth-order valence-electron chi connectivity index (χ4n) is 4.22.